The van der Waals surface area contributed by atoms with Gasteiger partial charge in [0.25, 0.3) is 0 Å². The van der Waals surface area contributed by atoms with Gasteiger partial charge in [-0.15, -0.1) is 0 Å². The maximum absolute atomic E-state index is 14.1. The predicted molar refractivity (Wildman–Crippen MR) is 154 cm³/mol. The number of H-pyrrole nitrogens is 1. The van der Waals surface area contributed by atoms with Crippen LogP contribution in [0.2, 0.25) is 0 Å². The molecule has 2 atom stereocenters. The molecule has 3 aromatic rings. The number of halogens is 5. The fourth-order valence-electron chi connectivity index (χ4n) is 4.75. The minimum absolute atomic E-state index is 0.0748. The Kier molecular flexibility index (Phi) is 12.9. The first-order valence-electron chi connectivity index (χ1n) is 14.6. The first kappa shape index (κ1) is 35.0. The molecule has 0 fully saturated rings. The molecule has 0 radical (unpaired) electrons. The van der Waals surface area contributed by atoms with E-state index in [0.29, 0.717) is 12.0 Å². The van der Waals surface area contributed by atoms with Crippen LogP contribution in [0.5, 0.6) is 5.75 Å². The summed E-state index contributed by atoms with van der Waals surface area (Å²) in [6.07, 6.45) is 7.43. The van der Waals surface area contributed by atoms with Gasteiger partial charge in [0.2, 0.25) is 52.6 Å². The lowest BCUT2D eigenvalue weighted by Gasteiger charge is -2.22. The molecule has 45 heavy (non-hydrogen) atoms. The number of aromatic nitrogens is 1. The molecule has 0 aliphatic rings. The maximum atomic E-state index is 14.1. The molecule has 0 aliphatic carbocycles. The molecule has 0 saturated heterocycles. The lowest BCUT2D eigenvalue weighted by molar-refractivity contribution is -0.142. The van der Waals surface area contributed by atoms with Crippen LogP contribution in [0.1, 0.15) is 70.3 Å². The lowest BCUT2D eigenvalue weighted by Crippen LogP contribution is -2.54. The van der Waals surface area contributed by atoms with Crippen LogP contribution < -0.4 is 21.1 Å². The second kappa shape index (κ2) is 16.5. The SMILES string of the molecule is CCCCCCCCCC(=O)N[C@H](Cc1c[nH]c2ccccc12)C(=O)N[C@@H](CC(N)=O)C(=O)Oc1c(F)c(F)c(F)c(F)c1F. The number of ether oxygens (including phenoxy) is 1. The molecule has 1 aromatic heterocycles. The highest BCUT2D eigenvalue weighted by Crippen LogP contribution is 2.29. The molecule has 5 N–H and O–H groups in total. The molecule has 0 bridgehead atoms. The van der Waals surface area contributed by atoms with Crippen molar-refractivity contribution in [1.82, 2.24) is 15.6 Å². The van der Waals surface area contributed by atoms with Gasteiger partial charge in [0.1, 0.15) is 12.1 Å². The Morgan fingerprint density at radius 1 is 0.822 bits per heavy atom. The molecule has 3 rings (SSSR count). The van der Waals surface area contributed by atoms with Crippen LogP contribution in [-0.2, 0) is 25.6 Å². The molecule has 3 amide bonds. The topological polar surface area (TPSA) is 143 Å². The van der Waals surface area contributed by atoms with Gasteiger partial charge in [-0.25, -0.2) is 18.0 Å². The summed E-state index contributed by atoms with van der Waals surface area (Å²) in [6, 6.07) is 3.83. The van der Waals surface area contributed by atoms with Crippen molar-refractivity contribution in [3.05, 3.63) is 65.1 Å². The standard InChI is InChI=1S/C31H35F5N4O5/c1-2-3-4-5-6-7-8-13-23(42)39-20(14-17-16-38-19-12-10-9-11-18(17)19)30(43)40-21(15-22(37)41)31(44)45-29-27(35)25(33)24(32)26(34)28(29)36/h9-12,16,20-21,38H,2-8,13-15H2,1H3,(H2,37,41)(H,39,42)(H,40,43)/t20-,21+/m1/s1. The number of amides is 3. The van der Waals surface area contributed by atoms with Gasteiger partial charge in [0.15, 0.2) is 0 Å². The average molecular weight is 639 g/mol. The van der Waals surface area contributed by atoms with Crippen LogP contribution >= 0.6 is 0 Å². The third-order valence-electron chi connectivity index (χ3n) is 7.14. The van der Waals surface area contributed by atoms with Crippen molar-refractivity contribution in [1.29, 1.82) is 0 Å². The molecule has 1 heterocycles. The molecule has 2 aromatic carbocycles. The smallest absolute Gasteiger partial charge is 0.334 e. The van der Waals surface area contributed by atoms with Crippen LogP contribution in [0, 0.1) is 29.1 Å². The molecule has 14 heteroatoms. The van der Waals surface area contributed by atoms with Crippen LogP contribution in [-0.4, -0.2) is 40.8 Å². The van der Waals surface area contributed by atoms with Crippen LogP contribution in [0.4, 0.5) is 22.0 Å². The molecule has 0 unspecified atom stereocenters. The second-order valence-corrected chi connectivity index (χ2v) is 10.6. The first-order valence-corrected chi connectivity index (χ1v) is 14.6. The molecule has 244 valence electrons. The molecule has 0 spiro atoms. The zero-order valence-corrected chi connectivity index (χ0v) is 24.6. The Labute approximate surface area is 256 Å². The highest BCUT2D eigenvalue weighted by Gasteiger charge is 2.33. The van der Waals surface area contributed by atoms with Gasteiger partial charge < -0.3 is 26.1 Å². The van der Waals surface area contributed by atoms with Crippen molar-refractivity contribution in [2.75, 3.05) is 0 Å². The minimum Gasteiger partial charge on any atom is -0.418 e. The van der Waals surface area contributed by atoms with E-state index in [0.717, 1.165) is 49.4 Å². The quantitative estimate of drug-likeness (QED) is 0.0411. The fraction of sp³-hybridized carbons (Fsp3) is 0.419. The Bertz CT molecular complexity index is 1500. The van der Waals surface area contributed by atoms with Crippen LogP contribution in [0.15, 0.2) is 30.5 Å². The third-order valence-corrected chi connectivity index (χ3v) is 7.14. The molecule has 0 saturated carbocycles. The number of para-hydroxylation sites is 1. The van der Waals surface area contributed by atoms with Gasteiger partial charge in [-0.1, -0.05) is 63.6 Å². The monoisotopic (exact) mass is 638 g/mol. The Morgan fingerprint density at radius 3 is 2.07 bits per heavy atom. The number of carbonyl (C=O) groups excluding carboxylic acids is 4. The van der Waals surface area contributed by atoms with Gasteiger partial charge in [-0.05, 0) is 18.1 Å². The van der Waals surface area contributed by atoms with Crippen molar-refractivity contribution in [3.8, 4) is 5.75 Å². The number of primary amides is 1. The highest BCUT2D eigenvalue weighted by molar-refractivity contribution is 5.94. The number of rotatable bonds is 17. The summed E-state index contributed by atoms with van der Waals surface area (Å²) in [6.45, 7) is 2.11. The van der Waals surface area contributed by atoms with Crippen molar-refractivity contribution in [2.45, 2.75) is 83.2 Å². The van der Waals surface area contributed by atoms with E-state index in [4.69, 9.17) is 5.73 Å². The number of nitrogens with two attached hydrogens (primary N) is 1. The summed E-state index contributed by atoms with van der Waals surface area (Å²) in [5.74, 6) is -18.3. The Hall–Kier alpha value is -4.49. The summed E-state index contributed by atoms with van der Waals surface area (Å²) in [5.41, 5.74) is 6.55. The normalized spacial score (nSPS) is 12.5. The van der Waals surface area contributed by atoms with Crippen molar-refractivity contribution in [3.63, 3.8) is 0 Å². The van der Waals surface area contributed by atoms with Crippen LogP contribution in [0.25, 0.3) is 10.9 Å². The molecule has 0 aliphatic heterocycles. The number of carbonyl (C=O) groups is 4. The molecular formula is C31H35F5N4O5. The first-order chi connectivity index (χ1) is 21.4. The summed E-state index contributed by atoms with van der Waals surface area (Å²) in [5, 5.41) is 5.53. The molecule has 9 nitrogen and oxygen atoms in total. The number of aromatic amines is 1. The summed E-state index contributed by atoms with van der Waals surface area (Å²) >= 11 is 0. The van der Waals surface area contributed by atoms with E-state index < -0.39 is 77.0 Å². The molecular weight excluding hydrogens is 603 g/mol. The number of unbranched alkanes of at least 4 members (excludes halogenated alkanes) is 6. The average Bonchev–Trinajstić information content (AvgIpc) is 3.42. The number of fused-ring (bicyclic) bond motifs is 1. The zero-order valence-electron chi connectivity index (χ0n) is 24.6. The van der Waals surface area contributed by atoms with Gasteiger partial charge in [-0.2, -0.15) is 8.78 Å². The van der Waals surface area contributed by atoms with E-state index in [-0.39, 0.29) is 12.8 Å². The Morgan fingerprint density at radius 2 is 1.42 bits per heavy atom. The van der Waals surface area contributed by atoms with E-state index in [1.54, 1.807) is 30.5 Å². The lowest BCUT2D eigenvalue weighted by atomic mass is 10.0. The van der Waals surface area contributed by atoms with Crippen molar-refractivity contribution in [2.24, 2.45) is 5.73 Å². The maximum Gasteiger partial charge on any atom is 0.334 e. The largest absolute Gasteiger partial charge is 0.418 e. The highest BCUT2D eigenvalue weighted by atomic mass is 19.2. The van der Waals surface area contributed by atoms with E-state index >= 15 is 0 Å². The van der Waals surface area contributed by atoms with Crippen molar-refractivity contribution < 1.29 is 45.9 Å². The van der Waals surface area contributed by atoms with Gasteiger partial charge in [0, 0.05) is 29.9 Å². The summed E-state index contributed by atoms with van der Waals surface area (Å²) < 4.78 is 73.4. The van der Waals surface area contributed by atoms with E-state index in [2.05, 4.69) is 27.3 Å². The van der Waals surface area contributed by atoms with E-state index in [9.17, 15) is 41.1 Å². The van der Waals surface area contributed by atoms with Crippen molar-refractivity contribution >= 4 is 34.6 Å². The fourth-order valence-corrected chi connectivity index (χ4v) is 4.75. The predicted octanol–water partition coefficient (Wildman–Crippen LogP) is 5.00. The number of esters is 1. The van der Waals surface area contributed by atoms with E-state index in [1.165, 1.54) is 0 Å². The van der Waals surface area contributed by atoms with Gasteiger partial charge in [0.05, 0.1) is 6.42 Å². The number of hydrogen-bond donors (Lipinski definition) is 4. The third kappa shape index (κ3) is 9.50. The van der Waals surface area contributed by atoms with Crippen LogP contribution in [0.3, 0.4) is 0 Å². The summed E-state index contributed by atoms with van der Waals surface area (Å²) in [7, 11) is 0. The van der Waals surface area contributed by atoms with Gasteiger partial charge in [-0.3, -0.25) is 14.4 Å². The summed E-state index contributed by atoms with van der Waals surface area (Å²) in [4.78, 5) is 53.8. The second-order valence-electron chi connectivity index (χ2n) is 10.6. The zero-order chi connectivity index (χ0) is 33.1. The van der Waals surface area contributed by atoms with Gasteiger partial charge >= 0.3 is 5.97 Å². The number of benzene rings is 2. The number of hydrogen-bond acceptors (Lipinski definition) is 5. The minimum atomic E-state index is -2.47. The van der Waals surface area contributed by atoms with E-state index in [1.807, 2.05) is 0 Å². The Balaban J connectivity index is 1.79. The number of nitrogens with one attached hydrogen (secondary N) is 3.